The molecule has 0 aliphatic heterocycles. The Bertz CT molecular complexity index is 2210. The van der Waals surface area contributed by atoms with Crippen molar-refractivity contribution < 1.29 is 38.6 Å². The molecule has 7 aliphatic rings. The number of amides is 3. The summed E-state index contributed by atoms with van der Waals surface area (Å²) in [6.45, 7) is 0.562. The Morgan fingerprint density at radius 1 is 0.667 bits per heavy atom. The number of fused-ring (bicyclic) bond motifs is 1. The normalized spacial score (nSPS) is 27.8. The Morgan fingerprint density at radius 3 is 1.63 bits per heavy atom. The highest BCUT2D eigenvalue weighted by Crippen LogP contribution is 2.61. The van der Waals surface area contributed by atoms with Crippen LogP contribution < -0.4 is 16.0 Å². The van der Waals surface area contributed by atoms with Crippen molar-refractivity contribution in [3.8, 4) is 0 Å². The van der Waals surface area contributed by atoms with Crippen LogP contribution in [0.2, 0.25) is 0 Å². The molecule has 4 fully saturated rings. The average molecular weight is 770 g/mol. The Balaban J connectivity index is 1.07. The van der Waals surface area contributed by atoms with Gasteiger partial charge in [0.1, 0.15) is 11.9 Å². The maximum Gasteiger partial charge on any atom is 0.335 e. The third-order valence-electron chi connectivity index (χ3n) is 13.6. The third-order valence-corrected chi connectivity index (χ3v) is 13.6. The van der Waals surface area contributed by atoms with E-state index in [0.717, 1.165) is 59.7 Å². The van der Waals surface area contributed by atoms with E-state index in [-0.39, 0.29) is 40.1 Å². The smallest absolute Gasteiger partial charge is 0.335 e. The van der Waals surface area contributed by atoms with Gasteiger partial charge < -0.3 is 26.2 Å². The molecule has 11 rings (SSSR count). The van der Waals surface area contributed by atoms with E-state index < -0.39 is 59.3 Å². The minimum atomic E-state index is -1.40. The highest BCUT2D eigenvalue weighted by atomic mass is 19.1. The molecule has 10 nitrogen and oxygen atoms in total. The molecule has 4 aromatic rings. The van der Waals surface area contributed by atoms with E-state index in [9.17, 15) is 29.4 Å². The van der Waals surface area contributed by atoms with Crippen LogP contribution in [0.3, 0.4) is 0 Å². The lowest BCUT2D eigenvalue weighted by molar-refractivity contribution is -0.139. The molecular formula is C46H44FN3O7. The first kappa shape index (κ1) is 36.8. The zero-order chi connectivity index (χ0) is 39.6. The first-order chi connectivity index (χ1) is 27.5. The van der Waals surface area contributed by atoms with Crippen LogP contribution in [0.5, 0.6) is 0 Å². The second-order valence-electron chi connectivity index (χ2n) is 17.2. The largest absolute Gasteiger partial charge is 0.478 e. The fraction of sp³-hybridized carbons (Fsp3) is 0.370. The molecule has 0 aromatic heterocycles. The summed E-state index contributed by atoms with van der Waals surface area (Å²) in [7, 11) is 0. The minimum absolute atomic E-state index is 0.0625. The highest BCUT2D eigenvalue weighted by molar-refractivity contribution is 6.02. The van der Waals surface area contributed by atoms with Gasteiger partial charge in [-0.2, -0.15) is 0 Å². The first-order valence-electron chi connectivity index (χ1n) is 19.9. The summed E-state index contributed by atoms with van der Waals surface area (Å²) >= 11 is 0. The Hall–Kier alpha value is -5.84. The van der Waals surface area contributed by atoms with Crippen molar-refractivity contribution in [1.29, 1.82) is 0 Å². The molecule has 0 saturated heterocycles. The van der Waals surface area contributed by atoms with E-state index >= 15 is 9.18 Å². The molecule has 3 amide bonds. The predicted molar refractivity (Wildman–Crippen MR) is 208 cm³/mol. The van der Waals surface area contributed by atoms with Crippen molar-refractivity contribution in [2.24, 2.45) is 35.0 Å². The van der Waals surface area contributed by atoms with Gasteiger partial charge in [-0.1, -0.05) is 66.7 Å². The molecule has 0 spiro atoms. The SMILES string of the molecule is O=C(O)c1cc(NC(=O)[C@H](Cc2ccccc2F)NC(=O)[C@@H]2C3c4ccccc4C(c4ccccc43)[C@@H]2C(=O)NCC23CC4CC(CC(C4)C2)C3)cc(C(=O)O)c1. The van der Waals surface area contributed by atoms with Gasteiger partial charge in [-0.15, -0.1) is 0 Å². The van der Waals surface area contributed by atoms with Crippen LogP contribution in [0.1, 0.15) is 98.9 Å². The van der Waals surface area contributed by atoms with Crippen LogP contribution in [-0.4, -0.2) is 52.5 Å². The summed E-state index contributed by atoms with van der Waals surface area (Å²) in [4.78, 5) is 67.8. The van der Waals surface area contributed by atoms with Gasteiger partial charge in [0.05, 0.1) is 23.0 Å². The van der Waals surface area contributed by atoms with Crippen LogP contribution in [0, 0.1) is 40.8 Å². The minimum Gasteiger partial charge on any atom is -0.478 e. The summed E-state index contributed by atoms with van der Waals surface area (Å²) in [5, 5.41) is 28.2. The lowest BCUT2D eigenvalue weighted by Crippen LogP contribution is -2.57. The van der Waals surface area contributed by atoms with Crippen LogP contribution in [0.25, 0.3) is 0 Å². The number of anilines is 1. The first-order valence-corrected chi connectivity index (χ1v) is 19.9. The van der Waals surface area contributed by atoms with E-state index in [4.69, 9.17) is 0 Å². The molecule has 0 unspecified atom stereocenters. The number of hydrogen-bond donors (Lipinski definition) is 5. The molecule has 0 heterocycles. The van der Waals surface area contributed by atoms with Crippen molar-refractivity contribution in [3.63, 3.8) is 0 Å². The molecule has 7 aliphatic carbocycles. The van der Waals surface area contributed by atoms with E-state index in [1.165, 1.54) is 37.5 Å². The van der Waals surface area contributed by atoms with Gasteiger partial charge in [-0.3, -0.25) is 14.4 Å². The molecule has 4 aromatic carbocycles. The second kappa shape index (κ2) is 14.3. The van der Waals surface area contributed by atoms with Gasteiger partial charge in [0.2, 0.25) is 17.7 Å². The zero-order valence-corrected chi connectivity index (χ0v) is 31.2. The second-order valence-corrected chi connectivity index (χ2v) is 17.2. The third kappa shape index (κ3) is 6.66. The number of benzene rings is 4. The number of carboxylic acid groups (broad SMARTS) is 2. The van der Waals surface area contributed by atoms with Crippen molar-refractivity contribution in [2.75, 3.05) is 11.9 Å². The molecular weight excluding hydrogens is 726 g/mol. The van der Waals surface area contributed by atoms with Crippen molar-refractivity contribution in [3.05, 3.63) is 136 Å². The maximum absolute atomic E-state index is 15.2. The summed E-state index contributed by atoms with van der Waals surface area (Å²) in [5.74, 6) is -5.52. The van der Waals surface area contributed by atoms with Gasteiger partial charge in [0.25, 0.3) is 0 Å². The van der Waals surface area contributed by atoms with Crippen molar-refractivity contribution in [1.82, 2.24) is 10.6 Å². The number of hydrogen-bond acceptors (Lipinski definition) is 5. The van der Waals surface area contributed by atoms with Crippen molar-refractivity contribution in [2.45, 2.75) is 62.8 Å². The van der Waals surface area contributed by atoms with E-state index in [1.54, 1.807) is 6.07 Å². The lowest BCUT2D eigenvalue weighted by Gasteiger charge is -2.57. The van der Waals surface area contributed by atoms with Crippen LogP contribution in [0.4, 0.5) is 10.1 Å². The molecule has 4 saturated carbocycles. The standard InChI is InChI=1S/C46H44FN3O7/c47-35-12-6-1-7-27(35)19-36(41(51)49-30-17-28(44(54)55)16-29(18-30)45(56)57)50-43(53)40-38-33-10-4-2-8-31(33)37(32-9-3-5-11-34(32)38)39(40)42(52)48-23-46-20-24-13-25(21-46)15-26(14-24)22-46/h1-12,16-18,24-26,36-40H,13-15,19-23H2,(H,48,52)(H,49,51)(H,50,53)(H,54,55)(H,56,57)/t24?,25?,26?,36-,37?,38?,39-,40+,46?/m0/s1. The molecule has 6 bridgehead atoms. The predicted octanol–water partition coefficient (Wildman–Crippen LogP) is 6.74. The maximum atomic E-state index is 15.2. The van der Waals surface area contributed by atoms with Gasteiger partial charge >= 0.3 is 11.9 Å². The monoisotopic (exact) mass is 769 g/mol. The van der Waals surface area contributed by atoms with Crippen LogP contribution in [-0.2, 0) is 20.8 Å². The van der Waals surface area contributed by atoms with Gasteiger partial charge in [0, 0.05) is 30.5 Å². The number of halogens is 1. The average Bonchev–Trinajstić information content (AvgIpc) is 3.19. The molecule has 3 atom stereocenters. The van der Waals surface area contributed by atoms with E-state index in [0.29, 0.717) is 24.3 Å². The van der Waals surface area contributed by atoms with Crippen LogP contribution in [0.15, 0.2) is 91.0 Å². The summed E-state index contributed by atoms with van der Waals surface area (Å²) in [5.41, 5.74) is 3.23. The Labute approximate surface area is 329 Å². The van der Waals surface area contributed by atoms with Crippen molar-refractivity contribution >= 4 is 35.3 Å². The number of rotatable bonds is 11. The number of carbonyl (C=O) groups is 5. The highest BCUT2D eigenvalue weighted by Gasteiger charge is 2.56. The fourth-order valence-corrected chi connectivity index (χ4v) is 11.7. The summed E-state index contributed by atoms with van der Waals surface area (Å²) < 4.78 is 15.2. The fourth-order valence-electron chi connectivity index (χ4n) is 11.7. The molecule has 0 radical (unpaired) electrons. The Kier molecular flexibility index (Phi) is 9.21. The zero-order valence-electron chi connectivity index (χ0n) is 31.2. The summed E-state index contributed by atoms with van der Waals surface area (Å²) in [6.07, 6.45) is 6.91. The van der Waals surface area contributed by atoms with Crippen LogP contribution >= 0.6 is 0 Å². The van der Waals surface area contributed by atoms with E-state index in [1.807, 2.05) is 48.5 Å². The number of carboxylic acids is 2. The molecule has 5 N–H and O–H groups in total. The summed E-state index contributed by atoms with van der Waals surface area (Å²) in [6, 6.07) is 23.5. The molecule has 57 heavy (non-hydrogen) atoms. The van der Waals surface area contributed by atoms with E-state index in [2.05, 4.69) is 16.0 Å². The number of nitrogens with one attached hydrogen (secondary N) is 3. The van der Waals surface area contributed by atoms with Gasteiger partial charge in [-0.25, -0.2) is 14.0 Å². The number of carbonyl (C=O) groups excluding carboxylic acids is 3. The van der Waals surface area contributed by atoms with Gasteiger partial charge in [-0.05, 0) is 114 Å². The Morgan fingerprint density at radius 2 is 1.14 bits per heavy atom. The number of aromatic carboxylic acids is 2. The topological polar surface area (TPSA) is 162 Å². The molecule has 292 valence electrons. The lowest BCUT2D eigenvalue weighted by atomic mass is 9.49. The van der Waals surface area contributed by atoms with Gasteiger partial charge in [0.15, 0.2) is 0 Å². The molecule has 11 heteroatoms. The quantitative estimate of drug-likeness (QED) is 0.113.